The number of thiazole rings is 1. The van der Waals surface area contributed by atoms with Gasteiger partial charge in [0.15, 0.2) is 0 Å². The first-order valence-corrected chi connectivity index (χ1v) is 4.94. The molecule has 0 unspecified atom stereocenters. The van der Waals surface area contributed by atoms with Crippen LogP contribution in [0.5, 0.6) is 0 Å². The van der Waals surface area contributed by atoms with Gasteiger partial charge in [-0.15, -0.1) is 11.3 Å². The van der Waals surface area contributed by atoms with Gasteiger partial charge in [0.2, 0.25) is 0 Å². The van der Waals surface area contributed by atoms with Gasteiger partial charge in [-0.1, -0.05) is 6.07 Å². The quantitative estimate of drug-likeness (QED) is 0.673. The predicted octanol–water partition coefficient (Wildman–Crippen LogP) is 3.37. The van der Waals surface area contributed by atoms with Crippen molar-refractivity contribution in [3.05, 3.63) is 27.7 Å². The van der Waals surface area contributed by atoms with Gasteiger partial charge in [0.25, 0.3) is 0 Å². The number of nitrogens with zero attached hydrogens (tertiary/aromatic N) is 1. The molecule has 56 valence electrons. The van der Waals surface area contributed by atoms with E-state index in [0.29, 0.717) is 0 Å². The molecule has 0 atom stereocenters. The van der Waals surface area contributed by atoms with Crippen LogP contribution in [-0.2, 0) is 0 Å². The monoisotopic (exact) mass is 227 g/mol. The first-order chi connectivity index (χ1) is 5.29. The van der Waals surface area contributed by atoms with E-state index in [0.717, 1.165) is 9.99 Å². The minimum absolute atomic E-state index is 1.08. The molecule has 2 rings (SSSR count). The Morgan fingerprint density at radius 1 is 1.45 bits per heavy atom. The number of benzene rings is 1. The molecule has 0 saturated carbocycles. The van der Waals surface area contributed by atoms with Crippen LogP contribution in [0.1, 0.15) is 5.56 Å². The zero-order valence-corrected chi connectivity index (χ0v) is 8.37. The van der Waals surface area contributed by atoms with E-state index in [4.69, 9.17) is 0 Å². The van der Waals surface area contributed by atoms with Gasteiger partial charge in [-0.2, -0.15) is 0 Å². The van der Waals surface area contributed by atoms with Crippen molar-refractivity contribution >= 4 is 37.5 Å². The van der Waals surface area contributed by atoms with Crippen LogP contribution in [-0.4, -0.2) is 4.98 Å². The molecule has 0 N–H and O–H groups in total. The van der Waals surface area contributed by atoms with Crippen molar-refractivity contribution < 1.29 is 0 Å². The minimum Gasteiger partial charge on any atom is -0.243 e. The summed E-state index contributed by atoms with van der Waals surface area (Å²) >= 11 is 5.14. The lowest BCUT2D eigenvalue weighted by Crippen LogP contribution is -1.74. The molecule has 3 heteroatoms. The zero-order valence-electron chi connectivity index (χ0n) is 5.97. The number of hydrogen-bond acceptors (Lipinski definition) is 2. The van der Waals surface area contributed by atoms with Gasteiger partial charge in [0.05, 0.1) is 15.7 Å². The fourth-order valence-corrected chi connectivity index (χ4v) is 2.40. The van der Waals surface area contributed by atoms with Crippen LogP contribution in [0.15, 0.2) is 22.1 Å². The third-order valence-corrected chi connectivity index (χ3v) is 3.23. The molecule has 0 radical (unpaired) electrons. The van der Waals surface area contributed by atoms with Crippen molar-refractivity contribution in [1.82, 2.24) is 4.98 Å². The smallest absolute Gasteiger partial charge is 0.0956 e. The number of aryl methyl sites for hydroxylation is 1. The summed E-state index contributed by atoms with van der Waals surface area (Å²) in [6, 6.07) is 4.14. The van der Waals surface area contributed by atoms with Crippen LogP contribution in [0, 0.1) is 6.92 Å². The maximum atomic E-state index is 4.25. The summed E-state index contributed by atoms with van der Waals surface area (Å²) in [7, 11) is 0. The fraction of sp³-hybridized carbons (Fsp3) is 0.125. The Labute approximate surface area is 77.2 Å². The van der Waals surface area contributed by atoms with Crippen LogP contribution in [0.3, 0.4) is 0 Å². The molecule has 2 aromatic rings. The summed E-state index contributed by atoms with van der Waals surface area (Å²) in [5, 5.41) is 0. The van der Waals surface area contributed by atoms with Crippen molar-refractivity contribution in [3.63, 3.8) is 0 Å². The molecule has 11 heavy (non-hydrogen) atoms. The Bertz CT molecular complexity index is 358. The second-order valence-corrected chi connectivity index (χ2v) is 4.10. The van der Waals surface area contributed by atoms with Crippen LogP contribution in [0.25, 0.3) is 10.2 Å². The standard InChI is InChI=1S/C8H6BrNS/c1-5-2-3-6(9)7-8(5)11-4-10-7/h2-4H,1H3. The molecule has 0 aliphatic rings. The molecular formula is C8H6BrNS. The Kier molecular flexibility index (Phi) is 1.69. The molecule has 0 saturated heterocycles. The van der Waals surface area contributed by atoms with Crippen LogP contribution < -0.4 is 0 Å². The fourth-order valence-electron chi connectivity index (χ4n) is 1.05. The largest absolute Gasteiger partial charge is 0.243 e. The molecule has 0 spiro atoms. The van der Waals surface area contributed by atoms with Crippen LogP contribution in [0.4, 0.5) is 0 Å². The van der Waals surface area contributed by atoms with Crippen molar-refractivity contribution in [2.45, 2.75) is 6.92 Å². The average molecular weight is 228 g/mol. The number of fused-ring (bicyclic) bond motifs is 1. The molecule has 0 aliphatic heterocycles. The van der Waals surface area contributed by atoms with E-state index in [-0.39, 0.29) is 0 Å². The normalized spacial score (nSPS) is 10.7. The molecule has 1 aromatic heterocycles. The summed E-state index contributed by atoms with van der Waals surface area (Å²) in [6.45, 7) is 2.10. The number of hydrogen-bond donors (Lipinski definition) is 0. The molecule has 0 aliphatic carbocycles. The molecule has 0 amide bonds. The Morgan fingerprint density at radius 3 is 3.00 bits per heavy atom. The first-order valence-electron chi connectivity index (χ1n) is 3.27. The molecule has 1 aromatic carbocycles. The lowest BCUT2D eigenvalue weighted by molar-refractivity contribution is 1.46. The predicted molar refractivity (Wildman–Crippen MR) is 52.1 cm³/mol. The summed E-state index contributed by atoms with van der Waals surface area (Å²) in [4.78, 5) is 4.25. The maximum Gasteiger partial charge on any atom is 0.0956 e. The Morgan fingerprint density at radius 2 is 2.27 bits per heavy atom. The van der Waals surface area contributed by atoms with E-state index in [1.54, 1.807) is 11.3 Å². The van der Waals surface area contributed by atoms with E-state index in [1.807, 2.05) is 11.6 Å². The lowest BCUT2D eigenvalue weighted by Gasteiger charge is -1.94. The summed E-state index contributed by atoms with van der Waals surface area (Å²) < 4.78 is 2.36. The second kappa shape index (κ2) is 2.57. The zero-order chi connectivity index (χ0) is 7.84. The van der Waals surface area contributed by atoms with E-state index >= 15 is 0 Å². The van der Waals surface area contributed by atoms with Crippen LogP contribution >= 0.6 is 27.3 Å². The highest BCUT2D eigenvalue weighted by atomic mass is 79.9. The Hall–Kier alpha value is -0.410. The lowest BCUT2D eigenvalue weighted by atomic mass is 10.2. The number of halogens is 1. The first kappa shape index (κ1) is 7.25. The third kappa shape index (κ3) is 1.08. The SMILES string of the molecule is Cc1ccc(Br)c2ncsc12. The van der Waals surface area contributed by atoms with Crippen molar-refractivity contribution in [2.24, 2.45) is 0 Å². The molecule has 1 heterocycles. The van der Waals surface area contributed by atoms with E-state index < -0.39 is 0 Å². The number of aromatic nitrogens is 1. The van der Waals surface area contributed by atoms with Crippen molar-refractivity contribution in [3.8, 4) is 0 Å². The minimum atomic E-state index is 1.08. The Balaban J connectivity index is 2.96. The van der Waals surface area contributed by atoms with Gasteiger partial charge in [-0.25, -0.2) is 4.98 Å². The van der Waals surface area contributed by atoms with Gasteiger partial charge >= 0.3 is 0 Å². The van der Waals surface area contributed by atoms with E-state index in [1.165, 1.54) is 10.3 Å². The van der Waals surface area contributed by atoms with E-state index in [2.05, 4.69) is 33.9 Å². The van der Waals surface area contributed by atoms with Gasteiger partial charge in [0, 0.05) is 4.47 Å². The van der Waals surface area contributed by atoms with Crippen LogP contribution in [0.2, 0.25) is 0 Å². The van der Waals surface area contributed by atoms with Gasteiger partial charge in [-0.3, -0.25) is 0 Å². The van der Waals surface area contributed by atoms with Crippen molar-refractivity contribution in [2.75, 3.05) is 0 Å². The molecule has 0 bridgehead atoms. The molecule has 1 nitrogen and oxygen atoms in total. The van der Waals surface area contributed by atoms with Crippen molar-refractivity contribution in [1.29, 1.82) is 0 Å². The molecule has 0 fully saturated rings. The molecular weight excluding hydrogens is 222 g/mol. The second-order valence-electron chi connectivity index (χ2n) is 2.39. The highest BCUT2D eigenvalue weighted by molar-refractivity contribution is 9.10. The third-order valence-electron chi connectivity index (χ3n) is 1.63. The maximum absolute atomic E-state index is 4.25. The summed E-state index contributed by atoms with van der Waals surface area (Å²) in [6.07, 6.45) is 0. The topological polar surface area (TPSA) is 12.9 Å². The van der Waals surface area contributed by atoms with E-state index in [9.17, 15) is 0 Å². The number of rotatable bonds is 0. The highest BCUT2D eigenvalue weighted by Gasteiger charge is 2.02. The van der Waals surface area contributed by atoms with Gasteiger partial charge < -0.3 is 0 Å². The summed E-state index contributed by atoms with van der Waals surface area (Å²) in [5.41, 5.74) is 4.25. The summed E-state index contributed by atoms with van der Waals surface area (Å²) in [5.74, 6) is 0. The van der Waals surface area contributed by atoms with Gasteiger partial charge in [0.1, 0.15) is 0 Å². The average Bonchev–Trinajstić information content (AvgIpc) is 2.45. The van der Waals surface area contributed by atoms with Gasteiger partial charge in [-0.05, 0) is 34.5 Å². The highest BCUT2D eigenvalue weighted by Crippen LogP contribution is 2.28.